The molecule has 0 atom stereocenters. The Bertz CT molecular complexity index is 950. The van der Waals surface area contributed by atoms with Crippen LogP contribution in [-0.2, 0) is 4.79 Å². The third-order valence-corrected chi connectivity index (χ3v) is 4.05. The highest BCUT2D eigenvalue weighted by atomic mass is 16.5. The Morgan fingerprint density at radius 3 is 2.54 bits per heavy atom. The van der Waals surface area contributed by atoms with Crippen LogP contribution in [0.5, 0.6) is 11.5 Å². The summed E-state index contributed by atoms with van der Waals surface area (Å²) >= 11 is 0. The molecule has 0 radical (unpaired) electrons. The number of hydrogen-bond donors (Lipinski definition) is 1. The summed E-state index contributed by atoms with van der Waals surface area (Å²) in [5.74, 6) is 1.08. The average Bonchev–Trinajstić information content (AvgIpc) is 2.62. The molecule has 1 N–H and O–H groups in total. The van der Waals surface area contributed by atoms with E-state index in [0.717, 1.165) is 33.4 Å². The van der Waals surface area contributed by atoms with E-state index in [9.17, 15) is 4.79 Å². The van der Waals surface area contributed by atoms with Crippen LogP contribution in [0.15, 0.2) is 36.7 Å². The lowest BCUT2D eigenvalue weighted by atomic mass is 10.1. The van der Waals surface area contributed by atoms with E-state index >= 15 is 0 Å². The number of benzene rings is 1. The van der Waals surface area contributed by atoms with Crippen LogP contribution >= 0.6 is 0 Å². The minimum Gasteiger partial charge on any atom is -0.497 e. The van der Waals surface area contributed by atoms with Crippen LogP contribution in [0.25, 0.3) is 10.9 Å². The number of hydrogen-bond acceptors (Lipinski definition) is 5. The lowest BCUT2D eigenvalue weighted by Crippen LogP contribution is -2.21. The monoisotopic (exact) mass is 351 g/mol. The number of fused-ring (bicyclic) bond motifs is 1. The lowest BCUT2D eigenvalue weighted by Gasteiger charge is -2.13. The van der Waals surface area contributed by atoms with Crippen molar-refractivity contribution in [2.75, 3.05) is 19.0 Å². The summed E-state index contributed by atoms with van der Waals surface area (Å²) in [6, 6.07) is 7.39. The standard InChI is InChI=1S/C20H21N3O3/c1-12-9-21-10-13(2)20(12)23-19(24)11-26-18-7-14(3)22-17-6-5-15(25-4)8-16(17)18/h5-10H,11H2,1-4H3,(H,21,23,24). The summed E-state index contributed by atoms with van der Waals surface area (Å²) in [6.45, 7) is 5.60. The number of ether oxygens (including phenoxy) is 2. The van der Waals surface area contributed by atoms with Gasteiger partial charge < -0.3 is 14.8 Å². The zero-order chi connectivity index (χ0) is 18.7. The number of rotatable bonds is 5. The van der Waals surface area contributed by atoms with E-state index < -0.39 is 0 Å². The minimum absolute atomic E-state index is 0.100. The number of nitrogens with zero attached hydrogens (tertiary/aromatic N) is 2. The fourth-order valence-corrected chi connectivity index (χ4v) is 2.76. The Morgan fingerprint density at radius 1 is 1.12 bits per heavy atom. The average molecular weight is 351 g/mol. The van der Waals surface area contributed by atoms with E-state index in [1.54, 1.807) is 19.5 Å². The molecule has 0 aliphatic carbocycles. The Hall–Kier alpha value is -3.15. The molecule has 0 saturated heterocycles. The minimum atomic E-state index is -0.229. The van der Waals surface area contributed by atoms with Crippen molar-refractivity contribution in [2.24, 2.45) is 0 Å². The second-order valence-electron chi connectivity index (χ2n) is 6.13. The van der Waals surface area contributed by atoms with Crippen LogP contribution in [0.1, 0.15) is 16.8 Å². The van der Waals surface area contributed by atoms with Crippen LogP contribution in [0, 0.1) is 20.8 Å². The number of nitrogens with one attached hydrogen (secondary N) is 1. The Labute approximate surface area is 152 Å². The first-order chi connectivity index (χ1) is 12.5. The van der Waals surface area contributed by atoms with Crippen molar-refractivity contribution in [2.45, 2.75) is 20.8 Å². The number of aromatic nitrogens is 2. The quantitative estimate of drug-likeness (QED) is 0.760. The van der Waals surface area contributed by atoms with Gasteiger partial charge in [0, 0.05) is 35.2 Å². The van der Waals surface area contributed by atoms with Crippen molar-refractivity contribution >= 4 is 22.5 Å². The molecule has 3 aromatic rings. The number of carbonyl (C=O) groups is 1. The van der Waals surface area contributed by atoms with Gasteiger partial charge in [0.25, 0.3) is 5.91 Å². The molecule has 134 valence electrons. The van der Waals surface area contributed by atoms with Crippen LogP contribution in [0.2, 0.25) is 0 Å². The molecule has 2 aromatic heterocycles. The van der Waals surface area contributed by atoms with E-state index in [1.165, 1.54) is 0 Å². The zero-order valence-corrected chi connectivity index (χ0v) is 15.3. The molecule has 0 aliphatic rings. The third kappa shape index (κ3) is 3.74. The maximum absolute atomic E-state index is 12.3. The van der Waals surface area contributed by atoms with Gasteiger partial charge in [-0.2, -0.15) is 0 Å². The summed E-state index contributed by atoms with van der Waals surface area (Å²) in [5, 5.41) is 3.69. The summed E-state index contributed by atoms with van der Waals surface area (Å²) in [4.78, 5) is 20.9. The van der Waals surface area contributed by atoms with Crippen LogP contribution in [0.3, 0.4) is 0 Å². The number of amides is 1. The Kier molecular flexibility index (Phi) is 5.02. The Morgan fingerprint density at radius 2 is 1.85 bits per heavy atom. The first-order valence-electron chi connectivity index (χ1n) is 8.27. The van der Waals surface area contributed by atoms with Crippen molar-refractivity contribution in [3.05, 3.63) is 53.5 Å². The third-order valence-electron chi connectivity index (χ3n) is 4.05. The largest absolute Gasteiger partial charge is 0.497 e. The fraction of sp³-hybridized carbons (Fsp3) is 0.250. The van der Waals surface area contributed by atoms with Gasteiger partial charge in [-0.3, -0.25) is 14.8 Å². The predicted octanol–water partition coefficient (Wildman–Crippen LogP) is 3.58. The van der Waals surface area contributed by atoms with Crippen molar-refractivity contribution in [3.8, 4) is 11.5 Å². The first kappa shape index (κ1) is 17.7. The van der Waals surface area contributed by atoms with Crippen molar-refractivity contribution in [1.82, 2.24) is 9.97 Å². The molecular formula is C20H21N3O3. The number of aryl methyl sites for hydroxylation is 3. The highest BCUT2D eigenvalue weighted by Gasteiger charge is 2.11. The SMILES string of the molecule is COc1ccc2nc(C)cc(OCC(=O)Nc3c(C)cncc3C)c2c1. The van der Waals surface area contributed by atoms with Gasteiger partial charge >= 0.3 is 0 Å². The van der Waals surface area contributed by atoms with Gasteiger partial charge in [0.1, 0.15) is 11.5 Å². The molecule has 0 spiro atoms. The van der Waals surface area contributed by atoms with Gasteiger partial charge in [-0.15, -0.1) is 0 Å². The summed E-state index contributed by atoms with van der Waals surface area (Å²) < 4.78 is 11.1. The maximum Gasteiger partial charge on any atom is 0.262 e. The fourth-order valence-electron chi connectivity index (χ4n) is 2.76. The van der Waals surface area contributed by atoms with Crippen LogP contribution in [-0.4, -0.2) is 29.6 Å². The molecular weight excluding hydrogens is 330 g/mol. The molecule has 6 heteroatoms. The highest BCUT2D eigenvalue weighted by molar-refractivity contribution is 5.94. The number of carbonyl (C=O) groups excluding carboxylic acids is 1. The van der Waals surface area contributed by atoms with E-state index in [-0.39, 0.29) is 12.5 Å². The Balaban J connectivity index is 1.80. The van der Waals surface area contributed by atoms with Crippen molar-refractivity contribution < 1.29 is 14.3 Å². The summed E-state index contributed by atoms with van der Waals surface area (Å²) in [5.41, 5.74) is 4.20. The van der Waals surface area contributed by atoms with Gasteiger partial charge in [0.05, 0.1) is 12.6 Å². The zero-order valence-electron chi connectivity index (χ0n) is 15.3. The molecule has 0 fully saturated rings. The molecule has 0 unspecified atom stereocenters. The van der Waals surface area contributed by atoms with E-state index in [1.807, 2.05) is 45.0 Å². The maximum atomic E-state index is 12.3. The van der Waals surface area contributed by atoms with Crippen molar-refractivity contribution in [1.29, 1.82) is 0 Å². The smallest absolute Gasteiger partial charge is 0.262 e. The second-order valence-corrected chi connectivity index (χ2v) is 6.13. The van der Waals surface area contributed by atoms with Crippen LogP contribution in [0.4, 0.5) is 5.69 Å². The number of anilines is 1. The molecule has 0 saturated carbocycles. The first-order valence-corrected chi connectivity index (χ1v) is 8.27. The summed E-state index contributed by atoms with van der Waals surface area (Å²) in [7, 11) is 1.61. The molecule has 0 bridgehead atoms. The number of methoxy groups -OCH3 is 1. The van der Waals surface area contributed by atoms with Gasteiger partial charge in [-0.05, 0) is 50.1 Å². The number of pyridine rings is 2. The molecule has 1 amide bonds. The van der Waals surface area contributed by atoms with Gasteiger partial charge in [0.2, 0.25) is 0 Å². The van der Waals surface area contributed by atoms with E-state index in [0.29, 0.717) is 11.5 Å². The lowest BCUT2D eigenvalue weighted by molar-refractivity contribution is -0.118. The molecule has 6 nitrogen and oxygen atoms in total. The van der Waals surface area contributed by atoms with Gasteiger partial charge in [-0.25, -0.2) is 0 Å². The van der Waals surface area contributed by atoms with Gasteiger partial charge in [0.15, 0.2) is 6.61 Å². The molecule has 2 heterocycles. The predicted molar refractivity (Wildman–Crippen MR) is 101 cm³/mol. The second kappa shape index (κ2) is 7.39. The van der Waals surface area contributed by atoms with Crippen molar-refractivity contribution in [3.63, 3.8) is 0 Å². The molecule has 26 heavy (non-hydrogen) atoms. The highest BCUT2D eigenvalue weighted by Crippen LogP contribution is 2.29. The normalized spacial score (nSPS) is 10.6. The summed E-state index contributed by atoms with van der Waals surface area (Å²) in [6.07, 6.45) is 3.44. The molecule has 1 aromatic carbocycles. The van der Waals surface area contributed by atoms with E-state index in [4.69, 9.17) is 9.47 Å². The van der Waals surface area contributed by atoms with Gasteiger partial charge in [-0.1, -0.05) is 0 Å². The molecule has 0 aliphatic heterocycles. The van der Waals surface area contributed by atoms with Crippen LogP contribution < -0.4 is 14.8 Å². The van der Waals surface area contributed by atoms with E-state index in [2.05, 4.69) is 15.3 Å². The topological polar surface area (TPSA) is 73.3 Å². The molecule has 3 rings (SSSR count).